The number of aryl methyl sites for hydroxylation is 1. The minimum absolute atomic E-state index is 0.247. The average Bonchev–Trinajstić information content (AvgIpc) is 3.00. The third-order valence-electron chi connectivity index (χ3n) is 3.36. The molecule has 0 aliphatic rings. The Labute approximate surface area is 135 Å². The lowest BCUT2D eigenvalue weighted by Gasteiger charge is -2.10. The molecule has 2 heterocycles. The Kier molecular flexibility index (Phi) is 4.47. The predicted octanol–water partition coefficient (Wildman–Crippen LogP) is 4.75. The first kappa shape index (κ1) is 15.7. The van der Waals surface area contributed by atoms with Crippen LogP contribution in [0.25, 0.3) is 10.2 Å². The standard InChI is InChI=1S/C16H14F3N3S/c17-16(18,19)15-21-13(12-8-10-23-14(12)22-15)20-9-4-7-11-5-2-1-3-6-11/h1-3,5-6,8,10H,4,7,9H2,(H,20,21,22). The maximum atomic E-state index is 12.9. The van der Waals surface area contributed by atoms with Crippen molar-refractivity contribution in [1.82, 2.24) is 9.97 Å². The number of hydrogen-bond acceptors (Lipinski definition) is 4. The Balaban J connectivity index is 1.70. The smallest absolute Gasteiger partial charge is 0.369 e. The predicted molar refractivity (Wildman–Crippen MR) is 85.7 cm³/mol. The van der Waals surface area contributed by atoms with Gasteiger partial charge in [-0.1, -0.05) is 30.3 Å². The van der Waals surface area contributed by atoms with Crippen LogP contribution >= 0.6 is 11.3 Å². The van der Waals surface area contributed by atoms with Gasteiger partial charge in [0.2, 0.25) is 5.82 Å². The fourth-order valence-electron chi connectivity index (χ4n) is 2.26. The monoisotopic (exact) mass is 337 g/mol. The van der Waals surface area contributed by atoms with E-state index in [9.17, 15) is 13.2 Å². The minimum atomic E-state index is -4.54. The van der Waals surface area contributed by atoms with Gasteiger partial charge in [0.05, 0.1) is 5.39 Å². The van der Waals surface area contributed by atoms with Gasteiger partial charge in [0, 0.05) is 6.54 Å². The highest BCUT2D eigenvalue weighted by Crippen LogP contribution is 2.32. The van der Waals surface area contributed by atoms with E-state index in [1.807, 2.05) is 30.3 Å². The number of thiophene rings is 1. The zero-order chi connectivity index (χ0) is 16.3. The molecule has 0 fully saturated rings. The molecular formula is C16H14F3N3S. The number of halogens is 3. The van der Waals surface area contributed by atoms with Gasteiger partial charge < -0.3 is 5.32 Å². The molecule has 3 nitrogen and oxygen atoms in total. The van der Waals surface area contributed by atoms with Crippen molar-refractivity contribution in [2.24, 2.45) is 0 Å². The van der Waals surface area contributed by atoms with Gasteiger partial charge in [-0.15, -0.1) is 11.3 Å². The van der Waals surface area contributed by atoms with Gasteiger partial charge in [-0.3, -0.25) is 0 Å². The molecule has 0 radical (unpaired) electrons. The molecule has 1 N–H and O–H groups in total. The molecule has 3 aromatic rings. The van der Waals surface area contributed by atoms with Crippen molar-refractivity contribution in [3.8, 4) is 0 Å². The summed E-state index contributed by atoms with van der Waals surface area (Å²) in [6.45, 7) is 0.550. The molecule has 0 aliphatic carbocycles. The minimum Gasteiger partial charge on any atom is -0.369 e. The molecule has 0 unspecified atom stereocenters. The van der Waals surface area contributed by atoms with Crippen LogP contribution in [0.2, 0.25) is 0 Å². The third kappa shape index (κ3) is 3.79. The Hall–Kier alpha value is -2.15. The van der Waals surface area contributed by atoms with E-state index in [1.54, 1.807) is 11.4 Å². The van der Waals surface area contributed by atoms with Crippen molar-refractivity contribution in [1.29, 1.82) is 0 Å². The number of nitrogens with zero attached hydrogens (tertiary/aromatic N) is 2. The van der Waals surface area contributed by atoms with Crippen LogP contribution in [0.5, 0.6) is 0 Å². The molecule has 23 heavy (non-hydrogen) atoms. The van der Waals surface area contributed by atoms with E-state index in [1.165, 1.54) is 16.9 Å². The Morgan fingerprint density at radius 3 is 2.57 bits per heavy atom. The lowest BCUT2D eigenvalue weighted by atomic mass is 10.1. The fraction of sp³-hybridized carbons (Fsp3) is 0.250. The van der Waals surface area contributed by atoms with Crippen LogP contribution in [-0.4, -0.2) is 16.5 Å². The van der Waals surface area contributed by atoms with Crippen molar-refractivity contribution in [3.63, 3.8) is 0 Å². The summed E-state index contributed by atoms with van der Waals surface area (Å²) in [4.78, 5) is 7.58. The van der Waals surface area contributed by atoms with Crippen LogP contribution in [0.4, 0.5) is 19.0 Å². The van der Waals surface area contributed by atoms with Gasteiger partial charge in [-0.2, -0.15) is 13.2 Å². The molecule has 1 aromatic carbocycles. The molecule has 0 spiro atoms. The molecule has 0 atom stereocenters. The molecule has 120 valence electrons. The number of aromatic nitrogens is 2. The van der Waals surface area contributed by atoms with Gasteiger partial charge in [0.15, 0.2) is 0 Å². The molecule has 2 aromatic heterocycles. The number of alkyl halides is 3. The highest BCUT2D eigenvalue weighted by molar-refractivity contribution is 7.16. The Morgan fingerprint density at radius 1 is 1.04 bits per heavy atom. The van der Waals surface area contributed by atoms with Crippen LogP contribution in [0.3, 0.4) is 0 Å². The average molecular weight is 337 g/mol. The van der Waals surface area contributed by atoms with Gasteiger partial charge in [-0.25, -0.2) is 9.97 Å². The normalized spacial score (nSPS) is 11.8. The highest BCUT2D eigenvalue weighted by atomic mass is 32.1. The third-order valence-corrected chi connectivity index (χ3v) is 4.16. The number of anilines is 1. The van der Waals surface area contributed by atoms with Crippen LogP contribution in [0.15, 0.2) is 41.8 Å². The molecule has 3 rings (SSSR count). The number of hydrogen-bond donors (Lipinski definition) is 1. The van der Waals surface area contributed by atoms with E-state index in [0.29, 0.717) is 16.8 Å². The van der Waals surface area contributed by atoms with E-state index in [4.69, 9.17) is 0 Å². The summed E-state index contributed by atoms with van der Waals surface area (Å²) >= 11 is 1.18. The molecule has 0 bridgehead atoms. The summed E-state index contributed by atoms with van der Waals surface area (Å²) in [6, 6.07) is 11.7. The zero-order valence-corrected chi connectivity index (χ0v) is 12.9. The van der Waals surface area contributed by atoms with Gasteiger partial charge in [0.25, 0.3) is 0 Å². The van der Waals surface area contributed by atoms with Crippen molar-refractivity contribution >= 4 is 27.4 Å². The number of nitrogens with one attached hydrogen (secondary N) is 1. The second-order valence-electron chi connectivity index (χ2n) is 5.05. The quantitative estimate of drug-likeness (QED) is 0.683. The SMILES string of the molecule is FC(F)(F)c1nc(NCCCc2ccccc2)c2ccsc2n1. The van der Waals surface area contributed by atoms with E-state index in [-0.39, 0.29) is 5.82 Å². The summed E-state index contributed by atoms with van der Waals surface area (Å²) in [5.74, 6) is -0.852. The molecule has 0 amide bonds. The number of rotatable bonds is 5. The van der Waals surface area contributed by atoms with Gasteiger partial charge in [0.1, 0.15) is 10.6 Å². The summed E-state index contributed by atoms with van der Waals surface area (Å²) < 4.78 is 38.6. The molecular weight excluding hydrogens is 323 g/mol. The van der Waals surface area contributed by atoms with Crippen LogP contribution in [0, 0.1) is 0 Å². The Morgan fingerprint density at radius 2 is 1.83 bits per heavy atom. The van der Waals surface area contributed by atoms with E-state index < -0.39 is 12.0 Å². The largest absolute Gasteiger partial charge is 0.451 e. The highest BCUT2D eigenvalue weighted by Gasteiger charge is 2.35. The topological polar surface area (TPSA) is 37.8 Å². The van der Waals surface area contributed by atoms with Crippen LogP contribution in [-0.2, 0) is 12.6 Å². The lowest BCUT2D eigenvalue weighted by Crippen LogP contribution is -2.13. The zero-order valence-electron chi connectivity index (χ0n) is 12.1. The van der Waals surface area contributed by atoms with Gasteiger partial charge in [-0.05, 0) is 29.9 Å². The lowest BCUT2D eigenvalue weighted by molar-refractivity contribution is -0.144. The summed E-state index contributed by atoms with van der Waals surface area (Å²) in [5, 5.41) is 5.36. The number of benzene rings is 1. The van der Waals surface area contributed by atoms with Gasteiger partial charge >= 0.3 is 6.18 Å². The number of fused-ring (bicyclic) bond motifs is 1. The van der Waals surface area contributed by atoms with Crippen molar-refractivity contribution in [2.45, 2.75) is 19.0 Å². The summed E-state index contributed by atoms with van der Waals surface area (Å²) in [7, 11) is 0. The molecule has 7 heteroatoms. The maximum absolute atomic E-state index is 12.9. The van der Waals surface area contributed by atoms with Crippen molar-refractivity contribution < 1.29 is 13.2 Å². The summed E-state index contributed by atoms with van der Waals surface area (Å²) in [6.07, 6.45) is -2.88. The first-order valence-corrected chi connectivity index (χ1v) is 8.02. The second-order valence-corrected chi connectivity index (χ2v) is 5.94. The van der Waals surface area contributed by atoms with Crippen LogP contribution in [0.1, 0.15) is 17.8 Å². The first-order chi connectivity index (χ1) is 11.0. The van der Waals surface area contributed by atoms with Crippen molar-refractivity contribution in [2.75, 3.05) is 11.9 Å². The Bertz CT molecular complexity index is 784. The first-order valence-electron chi connectivity index (χ1n) is 7.14. The maximum Gasteiger partial charge on any atom is 0.451 e. The van der Waals surface area contributed by atoms with Crippen molar-refractivity contribution in [3.05, 3.63) is 53.2 Å². The van der Waals surface area contributed by atoms with E-state index >= 15 is 0 Å². The summed E-state index contributed by atoms with van der Waals surface area (Å²) in [5.41, 5.74) is 1.20. The van der Waals surface area contributed by atoms with Crippen LogP contribution < -0.4 is 5.32 Å². The molecule has 0 aliphatic heterocycles. The molecule has 0 saturated heterocycles. The second kappa shape index (κ2) is 6.54. The fourth-order valence-corrected chi connectivity index (χ4v) is 3.02. The molecule has 0 saturated carbocycles. The van der Waals surface area contributed by atoms with E-state index in [0.717, 1.165) is 12.8 Å². The van der Waals surface area contributed by atoms with E-state index in [2.05, 4.69) is 15.3 Å².